The molecule has 6 nitrogen and oxygen atoms in total. The minimum Gasteiger partial charge on any atom is -0.399 e. The SMILES string of the molecule is Cc1cc(N)cc([C@@H](C)NC(=O)c2ccc(=O)[nH]n2)c1. The van der Waals surface area contributed by atoms with Crippen molar-refractivity contribution in [2.24, 2.45) is 0 Å². The second kappa shape index (κ2) is 5.56. The number of nitrogens with one attached hydrogen (secondary N) is 2. The van der Waals surface area contributed by atoms with Crippen molar-refractivity contribution in [2.45, 2.75) is 19.9 Å². The van der Waals surface area contributed by atoms with Gasteiger partial charge in [0.1, 0.15) is 5.69 Å². The Bertz CT molecular complexity index is 653. The normalized spacial score (nSPS) is 11.9. The first-order chi connectivity index (χ1) is 9.45. The van der Waals surface area contributed by atoms with Crippen molar-refractivity contribution < 1.29 is 4.79 Å². The third-order valence-electron chi connectivity index (χ3n) is 2.88. The van der Waals surface area contributed by atoms with Crippen molar-refractivity contribution in [3.63, 3.8) is 0 Å². The molecule has 1 heterocycles. The lowest BCUT2D eigenvalue weighted by atomic mass is 10.0. The van der Waals surface area contributed by atoms with Gasteiger partial charge in [0, 0.05) is 11.8 Å². The molecule has 0 aliphatic carbocycles. The summed E-state index contributed by atoms with van der Waals surface area (Å²) in [7, 11) is 0. The third kappa shape index (κ3) is 3.23. The summed E-state index contributed by atoms with van der Waals surface area (Å²) in [5, 5.41) is 8.72. The molecule has 2 rings (SSSR count). The highest BCUT2D eigenvalue weighted by Gasteiger charge is 2.13. The number of benzene rings is 1. The van der Waals surface area contributed by atoms with Crippen LogP contribution < -0.4 is 16.6 Å². The van der Waals surface area contributed by atoms with Crippen LogP contribution in [0.3, 0.4) is 0 Å². The van der Waals surface area contributed by atoms with E-state index >= 15 is 0 Å². The summed E-state index contributed by atoms with van der Waals surface area (Å²) in [6.07, 6.45) is 0. The Balaban J connectivity index is 2.14. The highest BCUT2D eigenvalue weighted by atomic mass is 16.2. The van der Waals surface area contributed by atoms with Crippen LogP contribution in [0.1, 0.15) is 34.6 Å². The van der Waals surface area contributed by atoms with Crippen LogP contribution in [0.15, 0.2) is 35.1 Å². The average molecular weight is 272 g/mol. The van der Waals surface area contributed by atoms with E-state index in [9.17, 15) is 9.59 Å². The van der Waals surface area contributed by atoms with Gasteiger partial charge in [-0.05, 0) is 43.2 Å². The highest BCUT2D eigenvalue weighted by Crippen LogP contribution is 2.18. The molecule has 1 aromatic heterocycles. The predicted octanol–water partition coefficient (Wildman–Crippen LogP) is 1.15. The van der Waals surface area contributed by atoms with E-state index in [1.54, 1.807) is 0 Å². The van der Waals surface area contributed by atoms with E-state index in [2.05, 4.69) is 15.5 Å². The topological polar surface area (TPSA) is 101 Å². The van der Waals surface area contributed by atoms with Crippen LogP contribution in [0.25, 0.3) is 0 Å². The molecule has 0 saturated heterocycles. The van der Waals surface area contributed by atoms with E-state index in [1.807, 2.05) is 32.0 Å². The summed E-state index contributed by atoms with van der Waals surface area (Å²) in [5.74, 6) is -0.353. The first kappa shape index (κ1) is 13.8. The molecular weight excluding hydrogens is 256 g/mol. The second-order valence-corrected chi connectivity index (χ2v) is 4.68. The van der Waals surface area contributed by atoms with E-state index in [-0.39, 0.29) is 23.2 Å². The Hall–Kier alpha value is -2.63. The number of amides is 1. The number of H-pyrrole nitrogens is 1. The van der Waals surface area contributed by atoms with E-state index in [4.69, 9.17) is 5.73 Å². The number of anilines is 1. The van der Waals surface area contributed by atoms with Crippen molar-refractivity contribution >= 4 is 11.6 Å². The van der Waals surface area contributed by atoms with Crippen LogP contribution in [0.4, 0.5) is 5.69 Å². The van der Waals surface area contributed by atoms with Gasteiger partial charge in [-0.25, -0.2) is 5.10 Å². The number of aromatic nitrogens is 2. The molecule has 4 N–H and O–H groups in total. The molecule has 0 bridgehead atoms. The molecule has 0 spiro atoms. The van der Waals surface area contributed by atoms with E-state index < -0.39 is 0 Å². The summed E-state index contributed by atoms with van der Waals surface area (Å²) in [4.78, 5) is 22.9. The summed E-state index contributed by atoms with van der Waals surface area (Å²) in [6.45, 7) is 3.80. The minimum absolute atomic E-state index is 0.164. The van der Waals surface area contributed by atoms with Crippen LogP contribution in [-0.4, -0.2) is 16.1 Å². The maximum absolute atomic E-state index is 12.0. The number of aromatic amines is 1. The number of nitrogens with two attached hydrogens (primary N) is 1. The summed E-state index contributed by atoms with van der Waals surface area (Å²) >= 11 is 0. The van der Waals surface area contributed by atoms with Gasteiger partial charge in [0.15, 0.2) is 0 Å². The lowest BCUT2D eigenvalue weighted by molar-refractivity contribution is 0.0933. The molecule has 2 aromatic rings. The lowest BCUT2D eigenvalue weighted by Gasteiger charge is -2.15. The monoisotopic (exact) mass is 272 g/mol. The van der Waals surface area contributed by atoms with Crippen molar-refractivity contribution in [3.8, 4) is 0 Å². The number of rotatable bonds is 3. The van der Waals surface area contributed by atoms with Gasteiger partial charge >= 0.3 is 0 Å². The third-order valence-corrected chi connectivity index (χ3v) is 2.88. The number of hydrogen-bond donors (Lipinski definition) is 3. The Labute approximate surface area is 116 Å². The zero-order valence-corrected chi connectivity index (χ0v) is 11.3. The summed E-state index contributed by atoms with van der Waals surface area (Å²) in [6, 6.07) is 8.07. The van der Waals surface area contributed by atoms with E-state index in [0.29, 0.717) is 5.69 Å². The van der Waals surface area contributed by atoms with Crippen LogP contribution in [0.5, 0.6) is 0 Å². The summed E-state index contributed by atoms with van der Waals surface area (Å²) < 4.78 is 0. The molecule has 0 fully saturated rings. The molecule has 0 aliphatic rings. The molecule has 1 amide bonds. The van der Waals surface area contributed by atoms with Gasteiger partial charge in [-0.3, -0.25) is 9.59 Å². The number of carbonyl (C=O) groups is 1. The minimum atomic E-state index is -0.353. The molecule has 6 heteroatoms. The summed E-state index contributed by atoms with van der Waals surface area (Å²) in [5.41, 5.74) is 8.21. The van der Waals surface area contributed by atoms with Crippen molar-refractivity contribution in [2.75, 3.05) is 5.73 Å². The molecule has 104 valence electrons. The van der Waals surface area contributed by atoms with Gasteiger partial charge < -0.3 is 11.1 Å². The smallest absolute Gasteiger partial charge is 0.272 e. The van der Waals surface area contributed by atoms with Crippen LogP contribution in [0, 0.1) is 6.92 Å². The van der Waals surface area contributed by atoms with Gasteiger partial charge in [0.2, 0.25) is 0 Å². The predicted molar refractivity (Wildman–Crippen MR) is 76.3 cm³/mol. The zero-order valence-electron chi connectivity index (χ0n) is 11.3. The van der Waals surface area contributed by atoms with Crippen LogP contribution >= 0.6 is 0 Å². The lowest BCUT2D eigenvalue weighted by Crippen LogP contribution is -2.28. The fourth-order valence-corrected chi connectivity index (χ4v) is 1.92. The Morgan fingerprint density at radius 3 is 2.70 bits per heavy atom. The first-order valence-corrected chi connectivity index (χ1v) is 6.19. The number of aryl methyl sites for hydroxylation is 1. The van der Waals surface area contributed by atoms with Crippen LogP contribution in [0.2, 0.25) is 0 Å². The Kier molecular flexibility index (Phi) is 3.84. The van der Waals surface area contributed by atoms with Gasteiger partial charge in [0.25, 0.3) is 11.5 Å². The van der Waals surface area contributed by atoms with Crippen LogP contribution in [-0.2, 0) is 0 Å². The number of nitrogen functional groups attached to an aromatic ring is 1. The molecule has 1 atom stereocenters. The maximum Gasteiger partial charge on any atom is 0.272 e. The number of carbonyl (C=O) groups excluding carboxylic acids is 1. The first-order valence-electron chi connectivity index (χ1n) is 6.19. The van der Waals surface area contributed by atoms with Crippen molar-refractivity contribution in [1.29, 1.82) is 0 Å². The Morgan fingerprint density at radius 1 is 1.35 bits per heavy atom. The molecule has 0 unspecified atom stereocenters. The molecule has 0 saturated carbocycles. The average Bonchev–Trinajstić information content (AvgIpc) is 2.38. The van der Waals surface area contributed by atoms with Gasteiger partial charge in [0.05, 0.1) is 6.04 Å². The largest absolute Gasteiger partial charge is 0.399 e. The van der Waals surface area contributed by atoms with Crippen molar-refractivity contribution in [3.05, 3.63) is 57.5 Å². The highest BCUT2D eigenvalue weighted by molar-refractivity contribution is 5.92. The van der Waals surface area contributed by atoms with Crippen molar-refractivity contribution in [1.82, 2.24) is 15.5 Å². The fraction of sp³-hybridized carbons (Fsp3) is 0.214. The fourth-order valence-electron chi connectivity index (χ4n) is 1.92. The Morgan fingerprint density at radius 2 is 2.10 bits per heavy atom. The second-order valence-electron chi connectivity index (χ2n) is 4.68. The molecule has 0 aliphatic heterocycles. The molecule has 20 heavy (non-hydrogen) atoms. The van der Waals surface area contributed by atoms with Gasteiger partial charge in [-0.1, -0.05) is 6.07 Å². The quantitative estimate of drug-likeness (QED) is 0.729. The maximum atomic E-state index is 12.0. The molecule has 1 aromatic carbocycles. The van der Waals surface area contributed by atoms with Gasteiger partial charge in [-0.15, -0.1) is 0 Å². The van der Waals surface area contributed by atoms with Gasteiger partial charge in [-0.2, -0.15) is 5.10 Å². The molecule has 0 radical (unpaired) electrons. The molecular formula is C14H16N4O2. The zero-order chi connectivity index (χ0) is 14.7. The standard InChI is InChI=1S/C14H16N4O2/c1-8-5-10(7-11(15)6-8)9(2)16-14(20)12-3-4-13(19)18-17-12/h3-7,9H,15H2,1-2H3,(H,16,20)(H,18,19)/t9-/m1/s1. The number of hydrogen-bond acceptors (Lipinski definition) is 4. The van der Waals surface area contributed by atoms with E-state index in [0.717, 1.165) is 11.1 Å². The van der Waals surface area contributed by atoms with E-state index in [1.165, 1.54) is 12.1 Å². The number of nitrogens with zero attached hydrogens (tertiary/aromatic N) is 1.